The summed E-state index contributed by atoms with van der Waals surface area (Å²) in [4.78, 5) is 26.4. The zero-order chi connectivity index (χ0) is 19.1. The molecule has 0 bridgehead atoms. The number of hydrogen-bond acceptors (Lipinski definition) is 6. The van der Waals surface area contributed by atoms with Gasteiger partial charge in [-0.05, 0) is 54.7 Å². The van der Waals surface area contributed by atoms with E-state index >= 15 is 0 Å². The molecule has 0 atom stereocenters. The van der Waals surface area contributed by atoms with Crippen molar-refractivity contribution in [1.29, 1.82) is 0 Å². The number of aromatic nitrogens is 2. The standard InChI is InChI=1S/C21H25N5O2/c22-19-17(20(27)25-21(24-19)26-7-9-28-10-8-26)12-23-18-6-5-15(13-1-2-13)11-16(18)14-3-4-14/h5-6,11-14H,1-4,7-10H2,(H3,22,24,25,27). The Hall–Kier alpha value is -2.67. The molecule has 3 fully saturated rings. The highest BCUT2D eigenvalue weighted by molar-refractivity contribution is 5.87. The second-order valence-electron chi connectivity index (χ2n) is 7.91. The minimum absolute atomic E-state index is 0.205. The van der Waals surface area contributed by atoms with E-state index in [9.17, 15) is 4.79 Å². The normalized spacial score (nSPS) is 20.1. The molecule has 1 aromatic heterocycles. The predicted molar refractivity (Wildman–Crippen MR) is 110 cm³/mol. The maximum Gasteiger partial charge on any atom is 0.263 e. The first-order valence-corrected chi connectivity index (χ1v) is 10.1. The van der Waals surface area contributed by atoms with Crippen LogP contribution in [0.5, 0.6) is 0 Å². The van der Waals surface area contributed by atoms with Gasteiger partial charge in [-0.25, -0.2) is 0 Å². The van der Waals surface area contributed by atoms with Crippen molar-refractivity contribution in [1.82, 2.24) is 9.97 Å². The molecule has 0 unspecified atom stereocenters. The van der Waals surface area contributed by atoms with Gasteiger partial charge in [-0.1, -0.05) is 12.1 Å². The number of morpholine rings is 1. The Morgan fingerprint density at radius 1 is 1.18 bits per heavy atom. The van der Waals surface area contributed by atoms with Crippen molar-refractivity contribution in [3.63, 3.8) is 0 Å². The van der Waals surface area contributed by atoms with E-state index in [4.69, 9.17) is 10.5 Å². The largest absolute Gasteiger partial charge is 0.383 e. The van der Waals surface area contributed by atoms with E-state index in [1.165, 1.54) is 36.8 Å². The van der Waals surface area contributed by atoms with Gasteiger partial charge < -0.3 is 15.4 Å². The number of aromatic amines is 1. The molecule has 0 amide bonds. The van der Waals surface area contributed by atoms with Crippen LogP contribution in [0.3, 0.4) is 0 Å². The van der Waals surface area contributed by atoms with E-state index in [0.29, 0.717) is 43.7 Å². The molecule has 1 aromatic carbocycles. The van der Waals surface area contributed by atoms with Gasteiger partial charge in [0.1, 0.15) is 11.4 Å². The summed E-state index contributed by atoms with van der Waals surface area (Å²) in [6.07, 6.45) is 6.58. The molecule has 3 aliphatic rings. The Bertz CT molecular complexity index is 969. The SMILES string of the molecule is Nc1nc(N2CCOCC2)[nH]c(=O)c1C=Nc1ccc(C2CC2)cc1C1CC1. The maximum atomic E-state index is 12.6. The molecule has 1 aliphatic heterocycles. The molecule has 0 radical (unpaired) electrons. The van der Waals surface area contributed by atoms with Crippen molar-refractivity contribution in [2.75, 3.05) is 36.9 Å². The maximum absolute atomic E-state index is 12.6. The van der Waals surface area contributed by atoms with Crippen LogP contribution in [-0.2, 0) is 4.74 Å². The van der Waals surface area contributed by atoms with Crippen LogP contribution in [0.15, 0.2) is 28.0 Å². The van der Waals surface area contributed by atoms with E-state index in [0.717, 1.165) is 11.6 Å². The number of aliphatic imine (C=N–C) groups is 1. The van der Waals surface area contributed by atoms with Crippen LogP contribution < -0.4 is 16.2 Å². The van der Waals surface area contributed by atoms with Crippen LogP contribution >= 0.6 is 0 Å². The van der Waals surface area contributed by atoms with Crippen LogP contribution in [-0.4, -0.2) is 42.5 Å². The van der Waals surface area contributed by atoms with E-state index in [1.807, 2.05) is 4.90 Å². The van der Waals surface area contributed by atoms with Gasteiger partial charge in [0, 0.05) is 19.3 Å². The number of benzene rings is 1. The molecule has 146 valence electrons. The Labute approximate surface area is 163 Å². The van der Waals surface area contributed by atoms with E-state index in [2.05, 4.69) is 33.2 Å². The molecular formula is C21H25N5O2. The van der Waals surface area contributed by atoms with Crippen molar-refractivity contribution < 1.29 is 4.74 Å². The number of nitrogens with two attached hydrogens (primary N) is 1. The molecule has 7 heteroatoms. The van der Waals surface area contributed by atoms with Crippen molar-refractivity contribution in [3.8, 4) is 0 Å². The van der Waals surface area contributed by atoms with Crippen LogP contribution in [0.25, 0.3) is 0 Å². The highest BCUT2D eigenvalue weighted by atomic mass is 16.5. The molecular weight excluding hydrogens is 354 g/mol. The molecule has 7 nitrogen and oxygen atoms in total. The quantitative estimate of drug-likeness (QED) is 0.779. The zero-order valence-electron chi connectivity index (χ0n) is 15.9. The van der Waals surface area contributed by atoms with Crippen LogP contribution in [0.2, 0.25) is 0 Å². The molecule has 2 heterocycles. The summed E-state index contributed by atoms with van der Waals surface area (Å²) in [5.41, 5.74) is 9.80. The first kappa shape index (κ1) is 17.4. The van der Waals surface area contributed by atoms with Crippen molar-refractivity contribution >= 4 is 23.7 Å². The van der Waals surface area contributed by atoms with Crippen molar-refractivity contribution in [2.45, 2.75) is 37.5 Å². The smallest absolute Gasteiger partial charge is 0.263 e. The summed E-state index contributed by atoms with van der Waals surface area (Å²) < 4.78 is 5.34. The summed E-state index contributed by atoms with van der Waals surface area (Å²) >= 11 is 0. The van der Waals surface area contributed by atoms with Crippen LogP contribution in [0, 0.1) is 0 Å². The third-order valence-electron chi connectivity index (χ3n) is 5.73. The van der Waals surface area contributed by atoms with E-state index in [-0.39, 0.29) is 11.4 Å². The Kier molecular flexibility index (Phi) is 4.39. The molecule has 0 spiro atoms. The Morgan fingerprint density at radius 2 is 1.93 bits per heavy atom. The van der Waals surface area contributed by atoms with Gasteiger partial charge >= 0.3 is 0 Å². The molecule has 2 saturated carbocycles. The van der Waals surface area contributed by atoms with Gasteiger partial charge in [0.15, 0.2) is 0 Å². The lowest BCUT2D eigenvalue weighted by atomic mass is 10.0. The molecule has 1 saturated heterocycles. The zero-order valence-corrected chi connectivity index (χ0v) is 15.9. The van der Waals surface area contributed by atoms with Gasteiger partial charge in [0.25, 0.3) is 5.56 Å². The minimum atomic E-state index is -0.264. The molecule has 2 aromatic rings. The van der Waals surface area contributed by atoms with Gasteiger partial charge in [-0.2, -0.15) is 4.98 Å². The predicted octanol–water partition coefficient (Wildman–Crippen LogP) is 2.69. The Morgan fingerprint density at radius 3 is 2.61 bits per heavy atom. The fourth-order valence-corrected chi connectivity index (χ4v) is 3.75. The average molecular weight is 379 g/mol. The lowest BCUT2D eigenvalue weighted by molar-refractivity contribution is 0.122. The number of nitrogens with zero attached hydrogens (tertiary/aromatic N) is 3. The third-order valence-corrected chi connectivity index (χ3v) is 5.73. The van der Waals surface area contributed by atoms with Gasteiger partial charge in [0.2, 0.25) is 5.95 Å². The first-order valence-electron chi connectivity index (χ1n) is 10.1. The summed E-state index contributed by atoms with van der Waals surface area (Å²) in [6.45, 7) is 2.61. The number of anilines is 2. The highest BCUT2D eigenvalue weighted by Crippen LogP contribution is 2.47. The minimum Gasteiger partial charge on any atom is -0.383 e. The molecule has 5 rings (SSSR count). The summed E-state index contributed by atoms with van der Waals surface area (Å²) in [5, 5.41) is 0. The van der Waals surface area contributed by atoms with Crippen LogP contribution in [0.1, 0.15) is 54.2 Å². The van der Waals surface area contributed by atoms with Gasteiger partial charge in [-0.15, -0.1) is 0 Å². The second-order valence-corrected chi connectivity index (χ2v) is 7.91. The number of H-pyrrole nitrogens is 1. The topological polar surface area (TPSA) is 96.6 Å². The van der Waals surface area contributed by atoms with Gasteiger partial charge in [-0.3, -0.25) is 14.8 Å². The second kappa shape index (κ2) is 7.05. The van der Waals surface area contributed by atoms with Crippen LogP contribution in [0.4, 0.5) is 17.5 Å². The number of nitrogens with one attached hydrogen (secondary N) is 1. The summed E-state index contributed by atoms with van der Waals surface area (Å²) in [6, 6.07) is 6.57. The van der Waals surface area contributed by atoms with Crippen molar-refractivity contribution in [2.24, 2.45) is 4.99 Å². The Balaban J connectivity index is 1.42. The first-order chi connectivity index (χ1) is 13.7. The molecule has 28 heavy (non-hydrogen) atoms. The number of hydrogen-bond donors (Lipinski definition) is 2. The number of nitrogen functional groups attached to an aromatic ring is 1. The molecule has 2 aliphatic carbocycles. The highest BCUT2D eigenvalue weighted by Gasteiger charge is 2.29. The lowest BCUT2D eigenvalue weighted by Gasteiger charge is -2.27. The number of rotatable bonds is 5. The fraction of sp³-hybridized carbons (Fsp3) is 0.476. The van der Waals surface area contributed by atoms with Crippen molar-refractivity contribution in [3.05, 3.63) is 45.2 Å². The third kappa shape index (κ3) is 3.54. The summed E-state index contributed by atoms with van der Waals surface area (Å²) in [5.74, 6) is 2.03. The lowest BCUT2D eigenvalue weighted by Crippen LogP contribution is -2.38. The summed E-state index contributed by atoms with van der Waals surface area (Å²) in [7, 11) is 0. The van der Waals surface area contributed by atoms with E-state index < -0.39 is 0 Å². The molecule has 3 N–H and O–H groups in total. The average Bonchev–Trinajstić information content (AvgIpc) is 3.61. The van der Waals surface area contributed by atoms with Gasteiger partial charge in [0.05, 0.1) is 18.9 Å². The fourth-order valence-electron chi connectivity index (χ4n) is 3.75. The van der Waals surface area contributed by atoms with E-state index in [1.54, 1.807) is 6.21 Å². The monoisotopic (exact) mass is 379 g/mol. The number of ether oxygens (including phenoxy) is 1.